The van der Waals surface area contributed by atoms with Crippen LogP contribution in [-0.2, 0) is 16.1 Å². The minimum atomic E-state index is 0.145. The van der Waals surface area contributed by atoms with Crippen molar-refractivity contribution in [3.05, 3.63) is 30.1 Å². The predicted molar refractivity (Wildman–Crippen MR) is 98.1 cm³/mol. The molecule has 3 rings (SSSR count). The molecule has 138 valence electrons. The number of amides is 1. The third kappa shape index (κ3) is 5.51. The number of hydrogen-bond acceptors (Lipinski definition) is 4. The van der Waals surface area contributed by atoms with Crippen molar-refractivity contribution in [2.45, 2.75) is 63.6 Å². The molecule has 0 unspecified atom stereocenters. The number of pyridine rings is 1. The Morgan fingerprint density at radius 2 is 2.16 bits per heavy atom. The van der Waals surface area contributed by atoms with Crippen molar-refractivity contribution in [2.75, 3.05) is 26.7 Å². The number of aromatic nitrogens is 1. The van der Waals surface area contributed by atoms with Gasteiger partial charge in [0.25, 0.3) is 0 Å². The summed E-state index contributed by atoms with van der Waals surface area (Å²) in [4.78, 5) is 21.5. The van der Waals surface area contributed by atoms with Crippen LogP contribution in [0.2, 0.25) is 0 Å². The van der Waals surface area contributed by atoms with Gasteiger partial charge in [0.15, 0.2) is 0 Å². The zero-order valence-electron chi connectivity index (χ0n) is 15.4. The first kappa shape index (κ1) is 18.3. The van der Waals surface area contributed by atoms with Gasteiger partial charge in [-0.05, 0) is 57.7 Å². The highest BCUT2D eigenvalue weighted by molar-refractivity contribution is 5.76. The van der Waals surface area contributed by atoms with Crippen molar-refractivity contribution in [2.24, 2.45) is 0 Å². The maximum Gasteiger partial charge on any atom is 0.225 e. The second-order valence-electron chi connectivity index (χ2n) is 7.39. The monoisotopic (exact) mass is 345 g/mol. The lowest BCUT2D eigenvalue weighted by atomic mass is 10.1. The number of carbonyl (C=O) groups is 1. The molecule has 3 heterocycles. The zero-order valence-corrected chi connectivity index (χ0v) is 15.4. The quantitative estimate of drug-likeness (QED) is 0.823. The average Bonchev–Trinajstić information content (AvgIpc) is 2.90. The van der Waals surface area contributed by atoms with Gasteiger partial charge in [-0.1, -0.05) is 6.07 Å². The Morgan fingerprint density at radius 1 is 1.24 bits per heavy atom. The van der Waals surface area contributed by atoms with E-state index < -0.39 is 0 Å². The highest BCUT2D eigenvalue weighted by Gasteiger charge is 2.25. The Hall–Kier alpha value is -1.46. The number of hydrogen-bond donors (Lipinski definition) is 0. The lowest BCUT2D eigenvalue weighted by Crippen LogP contribution is -2.37. The fourth-order valence-electron chi connectivity index (χ4n) is 3.94. The van der Waals surface area contributed by atoms with Crippen LogP contribution in [-0.4, -0.2) is 59.6 Å². The van der Waals surface area contributed by atoms with E-state index in [0.717, 1.165) is 64.0 Å². The first-order valence-corrected chi connectivity index (χ1v) is 9.72. The summed E-state index contributed by atoms with van der Waals surface area (Å²) in [6.45, 7) is 3.44. The topological polar surface area (TPSA) is 45.7 Å². The molecule has 2 fully saturated rings. The van der Waals surface area contributed by atoms with Gasteiger partial charge < -0.3 is 9.64 Å². The lowest BCUT2D eigenvalue weighted by molar-refractivity contribution is -0.135. The highest BCUT2D eigenvalue weighted by Crippen LogP contribution is 2.20. The Bertz CT molecular complexity index is 531. The van der Waals surface area contributed by atoms with E-state index in [-0.39, 0.29) is 12.0 Å². The molecule has 0 aliphatic carbocycles. The zero-order chi connectivity index (χ0) is 17.5. The van der Waals surface area contributed by atoms with Crippen LogP contribution in [0.15, 0.2) is 24.4 Å². The molecule has 0 N–H and O–H groups in total. The van der Waals surface area contributed by atoms with Crippen molar-refractivity contribution in [1.82, 2.24) is 14.8 Å². The molecule has 0 bridgehead atoms. The van der Waals surface area contributed by atoms with Gasteiger partial charge in [0.1, 0.15) is 0 Å². The molecule has 0 saturated carbocycles. The molecule has 0 radical (unpaired) electrons. The molecule has 2 aliphatic heterocycles. The second kappa shape index (κ2) is 9.30. The molecule has 2 aliphatic rings. The molecule has 2 atom stereocenters. The smallest absolute Gasteiger partial charge is 0.225 e. The lowest BCUT2D eigenvalue weighted by Gasteiger charge is -2.28. The normalized spacial score (nSPS) is 25.0. The average molecular weight is 345 g/mol. The van der Waals surface area contributed by atoms with Crippen molar-refractivity contribution in [1.29, 1.82) is 0 Å². The number of ether oxygens (including phenoxy) is 1. The van der Waals surface area contributed by atoms with E-state index in [4.69, 9.17) is 4.74 Å². The largest absolute Gasteiger partial charge is 0.378 e. The van der Waals surface area contributed by atoms with Gasteiger partial charge in [-0.2, -0.15) is 0 Å². The van der Waals surface area contributed by atoms with Crippen LogP contribution in [0.5, 0.6) is 0 Å². The number of rotatable bonds is 5. The molecule has 1 amide bonds. The summed E-state index contributed by atoms with van der Waals surface area (Å²) >= 11 is 0. The summed E-state index contributed by atoms with van der Waals surface area (Å²) in [7, 11) is 2.17. The van der Waals surface area contributed by atoms with Gasteiger partial charge in [0, 0.05) is 38.5 Å². The summed E-state index contributed by atoms with van der Waals surface area (Å²) in [5.74, 6) is 0.278. The Labute approximate surface area is 151 Å². The van der Waals surface area contributed by atoms with Crippen LogP contribution in [0, 0.1) is 0 Å². The van der Waals surface area contributed by atoms with Crippen molar-refractivity contribution in [3.8, 4) is 0 Å². The Kier molecular flexibility index (Phi) is 6.82. The SMILES string of the molecule is CN(Cc1ccccn1)[C@@H]1CCCN(C(=O)C[C@@H]2CCCCO2)CC1. The van der Waals surface area contributed by atoms with Crippen LogP contribution >= 0.6 is 0 Å². The molecule has 0 aromatic carbocycles. The predicted octanol–water partition coefficient (Wildman–Crippen LogP) is 2.85. The molecule has 1 aromatic rings. The maximum absolute atomic E-state index is 12.6. The van der Waals surface area contributed by atoms with Crippen LogP contribution in [0.1, 0.15) is 50.6 Å². The summed E-state index contributed by atoms with van der Waals surface area (Å²) in [5.41, 5.74) is 1.11. The van der Waals surface area contributed by atoms with Gasteiger partial charge in [0.2, 0.25) is 5.91 Å². The van der Waals surface area contributed by atoms with E-state index in [9.17, 15) is 4.79 Å². The molecular formula is C20H31N3O2. The standard InChI is InChI=1S/C20H31N3O2/c1-22(16-17-7-2-4-11-21-17)18-8-6-12-23(13-10-18)20(24)15-19-9-3-5-14-25-19/h2,4,7,11,18-19H,3,5-6,8-10,12-16H2,1H3/t18-,19+/m1/s1. The fourth-order valence-corrected chi connectivity index (χ4v) is 3.94. The van der Waals surface area contributed by atoms with Crippen LogP contribution < -0.4 is 0 Å². The second-order valence-corrected chi connectivity index (χ2v) is 7.39. The fraction of sp³-hybridized carbons (Fsp3) is 0.700. The van der Waals surface area contributed by atoms with Gasteiger partial charge >= 0.3 is 0 Å². The van der Waals surface area contributed by atoms with Crippen LogP contribution in [0.25, 0.3) is 0 Å². The summed E-state index contributed by atoms with van der Waals surface area (Å²) in [6.07, 6.45) is 9.19. The molecule has 5 nitrogen and oxygen atoms in total. The first-order valence-electron chi connectivity index (χ1n) is 9.72. The number of carbonyl (C=O) groups excluding carboxylic acids is 1. The Morgan fingerprint density at radius 3 is 2.92 bits per heavy atom. The molecule has 1 aromatic heterocycles. The van der Waals surface area contributed by atoms with Gasteiger partial charge in [-0.15, -0.1) is 0 Å². The van der Waals surface area contributed by atoms with Crippen LogP contribution in [0.4, 0.5) is 0 Å². The van der Waals surface area contributed by atoms with E-state index in [1.807, 2.05) is 18.3 Å². The molecule has 2 saturated heterocycles. The molecular weight excluding hydrogens is 314 g/mol. The summed E-state index contributed by atoms with van der Waals surface area (Å²) in [6, 6.07) is 6.59. The number of nitrogens with zero attached hydrogens (tertiary/aromatic N) is 3. The van der Waals surface area contributed by atoms with E-state index in [0.29, 0.717) is 12.5 Å². The van der Waals surface area contributed by atoms with Gasteiger partial charge in [0.05, 0.1) is 18.2 Å². The first-order chi connectivity index (χ1) is 12.2. The minimum Gasteiger partial charge on any atom is -0.378 e. The summed E-state index contributed by atoms with van der Waals surface area (Å²) < 4.78 is 5.73. The highest BCUT2D eigenvalue weighted by atomic mass is 16.5. The number of likely N-dealkylation sites (tertiary alicyclic amines) is 1. The van der Waals surface area contributed by atoms with E-state index in [1.54, 1.807) is 0 Å². The van der Waals surface area contributed by atoms with Crippen molar-refractivity contribution in [3.63, 3.8) is 0 Å². The molecule has 25 heavy (non-hydrogen) atoms. The van der Waals surface area contributed by atoms with E-state index >= 15 is 0 Å². The van der Waals surface area contributed by atoms with Crippen molar-refractivity contribution < 1.29 is 9.53 Å². The summed E-state index contributed by atoms with van der Waals surface area (Å²) in [5, 5.41) is 0. The maximum atomic E-state index is 12.6. The van der Waals surface area contributed by atoms with Gasteiger partial charge in [-0.3, -0.25) is 14.7 Å². The molecule has 0 spiro atoms. The van der Waals surface area contributed by atoms with Crippen molar-refractivity contribution >= 4 is 5.91 Å². The third-order valence-corrected chi connectivity index (χ3v) is 5.49. The Balaban J connectivity index is 1.47. The van der Waals surface area contributed by atoms with Crippen LogP contribution in [0.3, 0.4) is 0 Å². The van der Waals surface area contributed by atoms with E-state index in [2.05, 4.69) is 27.9 Å². The third-order valence-electron chi connectivity index (χ3n) is 5.49. The minimum absolute atomic E-state index is 0.145. The van der Waals surface area contributed by atoms with Gasteiger partial charge in [-0.25, -0.2) is 0 Å². The molecule has 5 heteroatoms. The van der Waals surface area contributed by atoms with E-state index in [1.165, 1.54) is 6.42 Å².